The van der Waals surface area contributed by atoms with Gasteiger partial charge in [0.1, 0.15) is 0 Å². The van der Waals surface area contributed by atoms with Gasteiger partial charge in [-0.3, -0.25) is 10.1 Å². The molecule has 0 atom stereocenters. The van der Waals surface area contributed by atoms with E-state index in [1.165, 1.54) is 10.9 Å². The maximum atomic E-state index is 10.9. The summed E-state index contributed by atoms with van der Waals surface area (Å²) in [5.41, 5.74) is 0.557. The van der Waals surface area contributed by atoms with Gasteiger partial charge in [-0.25, -0.2) is 9.67 Å². The first kappa shape index (κ1) is 9.32. The lowest BCUT2D eigenvalue weighted by Crippen LogP contribution is -2.04. The Morgan fingerprint density at radius 3 is 2.87 bits per heavy atom. The van der Waals surface area contributed by atoms with Crippen LogP contribution in [0.1, 0.15) is 5.56 Å². The lowest BCUT2D eigenvalue weighted by molar-refractivity contribution is -0.385. The number of aryl methyl sites for hydroxylation is 1. The zero-order chi connectivity index (χ0) is 10.8. The SMILES string of the molecule is Cc1ccnc(-n2cccn2)c1[N+](=O)[O-]. The van der Waals surface area contributed by atoms with Crippen molar-refractivity contribution < 1.29 is 4.92 Å². The van der Waals surface area contributed by atoms with Gasteiger partial charge in [0.25, 0.3) is 0 Å². The largest absolute Gasteiger partial charge is 0.316 e. The van der Waals surface area contributed by atoms with Crippen molar-refractivity contribution >= 4 is 5.69 Å². The monoisotopic (exact) mass is 204 g/mol. The third-order valence-electron chi connectivity index (χ3n) is 2.01. The van der Waals surface area contributed by atoms with Crippen LogP contribution < -0.4 is 0 Å². The zero-order valence-electron chi connectivity index (χ0n) is 7.99. The minimum atomic E-state index is -0.445. The van der Waals surface area contributed by atoms with Gasteiger partial charge in [0.15, 0.2) is 0 Å². The highest BCUT2D eigenvalue weighted by atomic mass is 16.6. The molecule has 0 saturated heterocycles. The molecule has 0 radical (unpaired) electrons. The Bertz CT molecular complexity index is 493. The number of hydrogen-bond acceptors (Lipinski definition) is 4. The van der Waals surface area contributed by atoms with Crippen LogP contribution in [0.5, 0.6) is 0 Å². The summed E-state index contributed by atoms with van der Waals surface area (Å²) in [6.45, 7) is 1.67. The molecule has 0 spiro atoms. The summed E-state index contributed by atoms with van der Waals surface area (Å²) in [5.74, 6) is 0.241. The molecular formula is C9H8N4O2. The molecule has 0 aliphatic heterocycles. The fourth-order valence-electron chi connectivity index (χ4n) is 1.32. The number of pyridine rings is 1. The molecule has 0 saturated carbocycles. The third-order valence-corrected chi connectivity index (χ3v) is 2.01. The summed E-state index contributed by atoms with van der Waals surface area (Å²) in [6.07, 6.45) is 4.70. The van der Waals surface area contributed by atoms with Crippen LogP contribution in [0.15, 0.2) is 30.7 Å². The van der Waals surface area contributed by atoms with Gasteiger partial charge in [-0.1, -0.05) is 0 Å². The van der Waals surface area contributed by atoms with Crippen LogP contribution >= 0.6 is 0 Å². The van der Waals surface area contributed by atoms with Crippen molar-refractivity contribution in [2.24, 2.45) is 0 Å². The fourth-order valence-corrected chi connectivity index (χ4v) is 1.32. The molecule has 76 valence electrons. The maximum Gasteiger partial charge on any atom is 0.316 e. The minimum absolute atomic E-state index is 0.0128. The molecule has 6 nitrogen and oxygen atoms in total. The zero-order valence-corrected chi connectivity index (χ0v) is 7.99. The number of rotatable bonds is 2. The van der Waals surface area contributed by atoms with Gasteiger partial charge in [-0.15, -0.1) is 0 Å². The van der Waals surface area contributed by atoms with E-state index in [0.717, 1.165) is 0 Å². The van der Waals surface area contributed by atoms with Crippen molar-refractivity contribution in [3.63, 3.8) is 0 Å². The van der Waals surface area contributed by atoms with Crippen LogP contribution in [0, 0.1) is 17.0 Å². The van der Waals surface area contributed by atoms with Gasteiger partial charge in [-0.05, 0) is 19.1 Å². The van der Waals surface area contributed by atoms with Crippen LogP contribution in [0.2, 0.25) is 0 Å². The van der Waals surface area contributed by atoms with E-state index in [4.69, 9.17) is 0 Å². The van der Waals surface area contributed by atoms with E-state index in [9.17, 15) is 10.1 Å². The summed E-state index contributed by atoms with van der Waals surface area (Å²) in [4.78, 5) is 14.4. The smallest absolute Gasteiger partial charge is 0.258 e. The van der Waals surface area contributed by atoms with Gasteiger partial charge in [0, 0.05) is 24.2 Å². The Labute approximate surface area is 85.3 Å². The molecule has 2 heterocycles. The summed E-state index contributed by atoms with van der Waals surface area (Å²) < 4.78 is 1.38. The number of aromatic nitrogens is 3. The van der Waals surface area contributed by atoms with Crippen molar-refractivity contribution in [2.75, 3.05) is 0 Å². The van der Waals surface area contributed by atoms with Gasteiger partial charge >= 0.3 is 5.69 Å². The molecule has 2 aromatic rings. The van der Waals surface area contributed by atoms with Gasteiger partial charge < -0.3 is 0 Å². The van der Waals surface area contributed by atoms with Crippen molar-refractivity contribution in [1.29, 1.82) is 0 Å². The predicted octanol–water partition coefficient (Wildman–Crippen LogP) is 1.48. The van der Waals surface area contributed by atoms with E-state index < -0.39 is 4.92 Å². The van der Waals surface area contributed by atoms with Crippen molar-refractivity contribution in [3.05, 3.63) is 46.4 Å². The van der Waals surface area contributed by atoms with Crippen LogP contribution in [0.25, 0.3) is 5.82 Å². The number of nitro groups is 1. The Morgan fingerprint density at radius 1 is 1.47 bits per heavy atom. The minimum Gasteiger partial charge on any atom is -0.258 e. The van der Waals surface area contributed by atoms with E-state index in [2.05, 4.69) is 10.1 Å². The lowest BCUT2D eigenvalue weighted by Gasteiger charge is -2.03. The highest BCUT2D eigenvalue weighted by molar-refractivity contribution is 5.51. The molecule has 15 heavy (non-hydrogen) atoms. The molecule has 0 amide bonds. The summed E-state index contributed by atoms with van der Waals surface area (Å²) in [7, 11) is 0. The second-order valence-corrected chi connectivity index (χ2v) is 3.01. The maximum absolute atomic E-state index is 10.9. The Balaban J connectivity index is 2.66. The molecule has 0 unspecified atom stereocenters. The lowest BCUT2D eigenvalue weighted by atomic mass is 10.2. The topological polar surface area (TPSA) is 73.8 Å². The molecule has 2 aromatic heterocycles. The molecule has 2 rings (SSSR count). The summed E-state index contributed by atoms with van der Waals surface area (Å²) in [5, 5.41) is 14.8. The second kappa shape index (κ2) is 3.49. The molecule has 0 bridgehead atoms. The van der Waals surface area contributed by atoms with Gasteiger partial charge in [0.2, 0.25) is 5.82 Å². The average Bonchev–Trinajstić information content (AvgIpc) is 2.69. The van der Waals surface area contributed by atoms with Crippen molar-refractivity contribution in [3.8, 4) is 5.82 Å². The molecule has 0 aliphatic carbocycles. The normalized spacial score (nSPS) is 10.2. The Hall–Kier alpha value is -2.24. The van der Waals surface area contributed by atoms with E-state index in [1.54, 1.807) is 31.5 Å². The number of hydrogen-bond donors (Lipinski definition) is 0. The van der Waals surface area contributed by atoms with E-state index >= 15 is 0 Å². The third kappa shape index (κ3) is 1.56. The van der Waals surface area contributed by atoms with Crippen molar-refractivity contribution in [2.45, 2.75) is 6.92 Å². The highest BCUT2D eigenvalue weighted by Gasteiger charge is 2.19. The quantitative estimate of drug-likeness (QED) is 0.548. The van der Waals surface area contributed by atoms with E-state index in [-0.39, 0.29) is 11.5 Å². The first-order valence-electron chi connectivity index (χ1n) is 4.30. The Kier molecular flexibility index (Phi) is 2.17. The number of nitrogens with zero attached hydrogens (tertiary/aromatic N) is 4. The van der Waals surface area contributed by atoms with Crippen LogP contribution in [0.3, 0.4) is 0 Å². The van der Waals surface area contributed by atoms with E-state index in [0.29, 0.717) is 5.56 Å². The molecular weight excluding hydrogens is 196 g/mol. The van der Waals surface area contributed by atoms with Gasteiger partial charge in [-0.2, -0.15) is 5.10 Å². The average molecular weight is 204 g/mol. The van der Waals surface area contributed by atoms with E-state index in [1.807, 2.05) is 0 Å². The van der Waals surface area contributed by atoms with Gasteiger partial charge in [0.05, 0.1) is 4.92 Å². The Morgan fingerprint density at radius 2 is 2.27 bits per heavy atom. The highest BCUT2D eigenvalue weighted by Crippen LogP contribution is 2.23. The molecule has 0 N–H and O–H groups in total. The van der Waals surface area contributed by atoms with Crippen LogP contribution in [-0.2, 0) is 0 Å². The predicted molar refractivity (Wildman–Crippen MR) is 52.8 cm³/mol. The summed E-state index contributed by atoms with van der Waals surface area (Å²) in [6, 6.07) is 3.29. The fraction of sp³-hybridized carbons (Fsp3) is 0.111. The first-order chi connectivity index (χ1) is 7.20. The van der Waals surface area contributed by atoms with Crippen molar-refractivity contribution in [1.82, 2.24) is 14.8 Å². The first-order valence-corrected chi connectivity index (χ1v) is 4.30. The van der Waals surface area contributed by atoms with Crippen LogP contribution in [0.4, 0.5) is 5.69 Å². The molecule has 0 fully saturated rings. The second-order valence-electron chi connectivity index (χ2n) is 3.01. The summed E-state index contributed by atoms with van der Waals surface area (Å²) >= 11 is 0. The molecule has 0 aliphatic rings. The molecule has 6 heteroatoms. The molecule has 0 aromatic carbocycles. The standard InChI is InChI=1S/C9H8N4O2/c1-7-3-5-10-9(8(7)13(14)15)12-6-2-4-11-12/h2-6H,1H3. The van der Waals surface area contributed by atoms with Crippen LogP contribution in [-0.4, -0.2) is 19.7 Å².